The van der Waals surface area contributed by atoms with Gasteiger partial charge in [0.25, 0.3) is 0 Å². The second-order valence-corrected chi connectivity index (χ2v) is 13.5. The van der Waals surface area contributed by atoms with Gasteiger partial charge in [0.1, 0.15) is 8.07 Å². The van der Waals surface area contributed by atoms with Crippen molar-refractivity contribution in [3.63, 3.8) is 0 Å². The monoisotopic (exact) mass is 428 g/mol. The quantitative estimate of drug-likeness (QED) is 0.215. The van der Waals surface area contributed by atoms with E-state index in [9.17, 15) is 0 Å². The summed E-state index contributed by atoms with van der Waals surface area (Å²) in [5.74, 6) is 3.52. The molecule has 4 aromatic carbocycles. The van der Waals surface area contributed by atoms with Gasteiger partial charge in [-0.25, -0.2) is 0 Å². The highest BCUT2D eigenvalue weighted by Crippen LogP contribution is 2.38. The Kier molecular flexibility index (Phi) is 4.68. The van der Waals surface area contributed by atoms with Crippen LogP contribution in [0.2, 0.25) is 19.6 Å². The first-order valence-electron chi connectivity index (χ1n) is 9.17. The normalized spacial score (nSPS) is 11.4. The van der Waals surface area contributed by atoms with Crippen LogP contribution in [-0.2, 0) is 0 Å². The Bertz CT molecular complexity index is 1220. The summed E-state index contributed by atoms with van der Waals surface area (Å²) in [5.41, 5.74) is 7.15. The third kappa shape index (κ3) is 3.58. The molecule has 0 nitrogen and oxygen atoms in total. The van der Waals surface area contributed by atoms with Crippen LogP contribution in [0.15, 0.2) is 77.3 Å². The molecule has 0 saturated carbocycles. The summed E-state index contributed by atoms with van der Waals surface area (Å²) in [4.78, 5) is 0. The lowest BCUT2D eigenvalue weighted by molar-refractivity contribution is 1.64. The summed E-state index contributed by atoms with van der Waals surface area (Å²) in [7, 11) is -1.46. The van der Waals surface area contributed by atoms with Gasteiger partial charge in [-0.05, 0) is 39.2 Å². The average Bonchev–Trinajstić information content (AvgIpc) is 2.65. The lowest BCUT2D eigenvalue weighted by Crippen LogP contribution is -2.16. The van der Waals surface area contributed by atoms with Crippen LogP contribution in [-0.4, -0.2) is 8.07 Å². The second kappa shape index (κ2) is 7.00. The van der Waals surface area contributed by atoms with Gasteiger partial charge in [0, 0.05) is 15.6 Å². The van der Waals surface area contributed by atoms with Crippen molar-refractivity contribution >= 4 is 45.5 Å². The lowest BCUT2D eigenvalue weighted by atomic mass is 9.90. The molecule has 2 heteroatoms. The fourth-order valence-electron chi connectivity index (χ4n) is 3.41. The highest BCUT2D eigenvalue weighted by Gasteiger charge is 2.14. The molecule has 0 radical (unpaired) electrons. The molecule has 0 amide bonds. The Morgan fingerprint density at radius 3 is 2.22 bits per heavy atom. The van der Waals surface area contributed by atoms with Gasteiger partial charge in [-0.15, -0.1) is 5.54 Å². The predicted octanol–water partition coefficient (Wildman–Crippen LogP) is 7.65. The van der Waals surface area contributed by atoms with E-state index >= 15 is 0 Å². The van der Waals surface area contributed by atoms with Gasteiger partial charge in [0.15, 0.2) is 0 Å². The van der Waals surface area contributed by atoms with Gasteiger partial charge in [-0.1, -0.05) is 102 Å². The predicted molar refractivity (Wildman–Crippen MR) is 125 cm³/mol. The molecular formula is C25H21BrSi. The fraction of sp³-hybridized carbons (Fsp3) is 0.120. The Labute approximate surface area is 170 Å². The van der Waals surface area contributed by atoms with Gasteiger partial charge in [0.05, 0.1) is 0 Å². The van der Waals surface area contributed by atoms with E-state index in [0.717, 1.165) is 10.0 Å². The zero-order valence-electron chi connectivity index (χ0n) is 15.8. The third-order valence-electron chi connectivity index (χ3n) is 4.64. The van der Waals surface area contributed by atoms with E-state index in [4.69, 9.17) is 0 Å². The standard InChI is InChI=1S/C25H21BrSi/c1-27(2,3)17-16-19-15-14-18-8-4-5-9-20(18)25(19)23-12-6-11-22-21(23)10-7-13-24(22)26/h4-15H,1-3H3. The molecule has 27 heavy (non-hydrogen) atoms. The maximum atomic E-state index is 3.71. The van der Waals surface area contributed by atoms with Gasteiger partial charge in [0.2, 0.25) is 0 Å². The van der Waals surface area contributed by atoms with Crippen molar-refractivity contribution < 1.29 is 0 Å². The Morgan fingerprint density at radius 1 is 0.704 bits per heavy atom. The molecule has 0 heterocycles. The summed E-state index contributed by atoms with van der Waals surface area (Å²) in [5, 5.41) is 4.98. The Hall–Kier alpha value is -2.34. The highest BCUT2D eigenvalue weighted by atomic mass is 79.9. The molecule has 0 N–H and O–H groups in total. The number of benzene rings is 4. The lowest BCUT2D eigenvalue weighted by Gasteiger charge is -2.14. The van der Waals surface area contributed by atoms with Gasteiger partial charge in [-0.3, -0.25) is 0 Å². The van der Waals surface area contributed by atoms with Crippen LogP contribution < -0.4 is 0 Å². The van der Waals surface area contributed by atoms with Crippen LogP contribution in [0.1, 0.15) is 5.56 Å². The molecule has 4 rings (SSSR count). The molecule has 0 saturated heterocycles. The van der Waals surface area contributed by atoms with E-state index in [1.165, 1.54) is 32.7 Å². The minimum atomic E-state index is -1.46. The molecule has 4 aromatic rings. The number of halogens is 1. The van der Waals surface area contributed by atoms with Crippen molar-refractivity contribution in [1.29, 1.82) is 0 Å². The van der Waals surface area contributed by atoms with Crippen LogP contribution in [0.25, 0.3) is 32.7 Å². The fourth-order valence-corrected chi connectivity index (χ4v) is 4.42. The van der Waals surface area contributed by atoms with Crippen molar-refractivity contribution in [1.82, 2.24) is 0 Å². The first kappa shape index (κ1) is 18.0. The van der Waals surface area contributed by atoms with E-state index in [2.05, 4.69) is 120 Å². The van der Waals surface area contributed by atoms with Crippen LogP contribution in [0, 0.1) is 11.5 Å². The van der Waals surface area contributed by atoms with E-state index < -0.39 is 8.07 Å². The zero-order valence-corrected chi connectivity index (χ0v) is 18.4. The topological polar surface area (TPSA) is 0 Å². The van der Waals surface area contributed by atoms with Gasteiger partial charge >= 0.3 is 0 Å². The van der Waals surface area contributed by atoms with Gasteiger partial charge in [-0.2, -0.15) is 0 Å². The van der Waals surface area contributed by atoms with Crippen molar-refractivity contribution in [2.24, 2.45) is 0 Å². The molecule has 0 aromatic heterocycles. The zero-order chi connectivity index (χ0) is 19.0. The van der Waals surface area contributed by atoms with E-state index in [-0.39, 0.29) is 0 Å². The van der Waals surface area contributed by atoms with E-state index in [1.807, 2.05) is 0 Å². The molecular weight excluding hydrogens is 408 g/mol. The van der Waals surface area contributed by atoms with E-state index in [1.54, 1.807) is 0 Å². The van der Waals surface area contributed by atoms with Crippen molar-refractivity contribution in [3.8, 4) is 22.6 Å². The molecule has 0 aliphatic carbocycles. The van der Waals surface area contributed by atoms with Gasteiger partial charge < -0.3 is 0 Å². The molecule has 0 atom stereocenters. The minimum absolute atomic E-state index is 1.11. The summed E-state index contributed by atoms with van der Waals surface area (Å²) < 4.78 is 1.12. The number of hydrogen-bond donors (Lipinski definition) is 0. The van der Waals surface area contributed by atoms with Crippen LogP contribution >= 0.6 is 15.9 Å². The first-order chi connectivity index (χ1) is 12.9. The first-order valence-corrected chi connectivity index (χ1v) is 13.5. The summed E-state index contributed by atoms with van der Waals surface area (Å²) in [6.07, 6.45) is 0. The molecule has 0 unspecified atom stereocenters. The maximum absolute atomic E-state index is 3.71. The maximum Gasteiger partial charge on any atom is 0.129 e. The third-order valence-corrected chi connectivity index (χ3v) is 6.21. The SMILES string of the molecule is C[Si](C)(C)C#Cc1ccc2ccccc2c1-c1cccc2c(Br)cccc12. The highest BCUT2D eigenvalue weighted by molar-refractivity contribution is 9.10. The average molecular weight is 429 g/mol. The minimum Gasteiger partial charge on any atom is -0.127 e. The smallest absolute Gasteiger partial charge is 0.127 e. The second-order valence-electron chi connectivity index (χ2n) is 7.85. The molecule has 0 bridgehead atoms. The Balaban J connectivity index is 2.12. The number of hydrogen-bond acceptors (Lipinski definition) is 0. The van der Waals surface area contributed by atoms with Crippen LogP contribution in [0.4, 0.5) is 0 Å². The molecule has 0 spiro atoms. The van der Waals surface area contributed by atoms with Crippen molar-refractivity contribution in [2.45, 2.75) is 19.6 Å². The van der Waals surface area contributed by atoms with E-state index in [0.29, 0.717) is 0 Å². The molecule has 0 fully saturated rings. The Morgan fingerprint density at radius 2 is 1.41 bits per heavy atom. The largest absolute Gasteiger partial charge is 0.129 e. The summed E-state index contributed by atoms with van der Waals surface area (Å²) in [6, 6.07) is 25.9. The van der Waals surface area contributed by atoms with Crippen molar-refractivity contribution in [2.75, 3.05) is 0 Å². The summed E-state index contributed by atoms with van der Waals surface area (Å²) in [6.45, 7) is 6.86. The van der Waals surface area contributed by atoms with Crippen molar-refractivity contribution in [3.05, 3.63) is 82.8 Å². The number of fused-ring (bicyclic) bond motifs is 2. The van der Waals surface area contributed by atoms with Crippen LogP contribution in [0.5, 0.6) is 0 Å². The number of rotatable bonds is 1. The molecule has 0 aliphatic heterocycles. The van der Waals surface area contributed by atoms with Crippen LogP contribution in [0.3, 0.4) is 0 Å². The molecule has 0 aliphatic rings. The summed E-state index contributed by atoms with van der Waals surface area (Å²) >= 11 is 3.71. The molecule has 132 valence electrons.